The van der Waals surface area contributed by atoms with Gasteiger partial charge in [-0.3, -0.25) is 4.79 Å². The number of alkyl halides is 3. The second-order valence-electron chi connectivity index (χ2n) is 9.03. The lowest BCUT2D eigenvalue weighted by Crippen LogP contribution is -2.34. The Morgan fingerprint density at radius 1 is 1.00 bits per heavy atom. The second kappa shape index (κ2) is 12.7. The van der Waals surface area contributed by atoms with E-state index in [0.29, 0.717) is 6.42 Å². The lowest BCUT2D eigenvalue weighted by molar-refractivity contribution is -0.245. The molecule has 1 amide bonds. The van der Waals surface area contributed by atoms with Crippen molar-refractivity contribution in [2.45, 2.75) is 46.2 Å². The summed E-state index contributed by atoms with van der Waals surface area (Å²) in [6.07, 6.45) is -0.145. The van der Waals surface area contributed by atoms with E-state index in [1.54, 1.807) is 23.1 Å². The first-order valence-corrected chi connectivity index (χ1v) is 15.1. The number of hydrogen-bond acceptors (Lipinski definition) is 7. The Morgan fingerprint density at radius 2 is 1.69 bits per heavy atom. The van der Waals surface area contributed by atoms with Crippen LogP contribution in [0.5, 0.6) is 0 Å². The number of thioether (sulfide) groups is 1. The molecule has 1 saturated heterocycles. The lowest BCUT2D eigenvalue weighted by atomic mass is 10.0. The molecule has 2 N–H and O–H groups in total. The molecule has 0 aliphatic carbocycles. The molecule has 0 spiro atoms. The Balaban J connectivity index is 1.30. The number of hydrogen-bond donors (Lipinski definition) is 2. The molecule has 1 aromatic heterocycles. The maximum atomic E-state index is 11.8. The molecule has 0 unspecified atom stereocenters. The summed E-state index contributed by atoms with van der Waals surface area (Å²) in [7, 11) is 0. The van der Waals surface area contributed by atoms with Crippen molar-refractivity contribution in [3.8, 4) is 0 Å². The van der Waals surface area contributed by atoms with E-state index in [-0.39, 0.29) is 25.4 Å². The van der Waals surface area contributed by atoms with Crippen LogP contribution < -0.4 is 5.32 Å². The van der Waals surface area contributed by atoms with Gasteiger partial charge in [0.2, 0.25) is 0 Å². The van der Waals surface area contributed by atoms with Crippen LogP contribution in [0, 0.1) is 0 Å². The van der Waals surface area contributed by atoms with E-state index in [9.17, 15) is 9.90 Å². The van der Waals surface area contributed by atoms with Crippen molar-refractivity contribution in [3.05, 3.63) is 95.1 Å². The largest absolute Gasteiger partial charge is 0.392 e. The fraction of sp³-hybridized carbons (Fsp3) is 0.286. The van der Waals surface area contributed by atoms with E-state index in [1.165, 1.54) is 0 Å². The van der Waals surface area contributed by atoms with E-state index in [4.69, 9.17) is 49.3 Å². The Bertz CT molecular complexity index is 1380. The van der Waals surface area contributed by atoms with Crippen LogP contribution in [0.2, 0.25) is 0 Å². The molecule has 3 atom stereocenters. The third kappa shape index (κ3) is 7.45. The van der Waals surface area contributed by atoms with Crippen LogP contribution in [0.1, 0.15) is 41.1 Å². The number of carbonyl (C=O) groups excluding carboxylic acids is 1. The van der Waals surface area contributed by atoms with Gasteiger partial charge in [0.25, 0.3) is 9.70 Å². The molecule has 5 rings (SSSR count). The average molecular weight is 624 g/mol. The summed E-state index contributed by atoms with van der Waals surface area (Å²) in [6, 6.07) is 23.5. The van der Waals surface area contributed by atoms with E-state index in [0.717, 1.165) is 42.6 Å². The van der Waals surface area contributed by atoms with Gasteiger partial charge in [-0.1, -0.05) is 107 Å². The fourth-order valence-electron chi connectivity index (χ4n) is 4.17. The number of halogens is 3. The summed E-state index contributed by atoms with van der Waals surface area (Å²) in [5.74, 6) is 0.0468. The molecule has 3 aromatic carbocycles. The minimum atomic E-state index is -2.01. The standard InChI is InChI=1S/C28H25Cl3N2O4S2/c29-28(30,31)26(35)32-14-17-5-11-20(12-6-17)25-36-21(13-23(37-25)19-9-7-18(15-34)8-10-19)16-38-27-33-22-3-1-2-4-24(22)39-27/h1-12,21,23,25,34H,13-16H2,(H,32,35)/t21-,23+,25+/m1/s1. The summed E-state index contributed by atoms with van der Waals surface area (Å²) in [6.45, 7) is 0.216. The van der Waals surface area contributed by atoms with Crippen LogP contribution >= 0.6 is 57.9 Å². The summed E-state index contributed by atoms with van der Waals surface area (Å²) in [5.41, 5.74) is 4.58. The highest BCUT2D eigenvalue weighted by Gasteiger charge is 2.33. The molecular weight excluding hydrogens is 599 g/mol. The van der Waals surface area contributed by atoms with Gasteiger partial charge in [0, 0.05) is 24.3 Å². The Hall–Kier alpha value is -1.88. The summed E-state index contributed by atoms with van der Waals surface area (Å²) in [4.78, 5) is 16.6. The van der Waals surface area contributed by atoms with Crippen molar-refractivity contribution in [3.63, 3.8) is 0 Å². The molecule has 4 aromatic rings. The van der Waals surface area contributed by atoms with E-state index < -0.39 is 16.0 Å². The summed E-state index contributed by atoms with van der Waals surface area (Å²) in [5, 5.41) is 12.0. The first-order valence-electron chi connectivity index (χ1n) is 12.2. The highest BCUT2D eigenvalue weighted by molar-refractivity contribution is 8.01. The second-order valence-corrected chi connectivity index (χ2v) is 13.6. The zero-order chi connectivity index (χ0) is 27.4. The molecular formula is C28H25Cl3N2O4S2. The maximum absolute atomic E-state index is 11.8. The van der Waals surface area contributed by atoms with Gasteiger partial charge in [0.1, 0.15) is 0 Å². The van der Waals surface area contributed by atoms with Gasteiger partial charge >= 0.3 is 0 Å². The van der Waals surface area contributed by atoms with Gasteiger partial charge in [-0.2, -0.15) is 0 Å². The highest BCUT2D eigenvalue weighted by atomic mass is 35.6. The van der Waals surface area contributed by atoms with Crippen LogP contribution in [0.3, 0.4) is 0 Å². The number of para-hydroxylation sites is 1. The van der Waals surface area contributed by atoms with Gasteiger partial charge in [0.15, 0.2) is 10.6 Å². The van der Waals surface area contributed by atoms with Crippen molar-refractivity contribution in [1.29, 1.82) is 0 Å². The lowest BCUT2D eigenvalue weighted by Gasteiger charge is -2.36. The van der Waals surface area contributed by atoms with Gasteiger partial charge in [-0.05, 0) is 28.8 Å². The smallest absolute Gasteiger partial charge is 0.272 e. The number of aliphatic hydroxyl groups is 1. The molecule has 1 fully saturated rings. The number of benzene rings is 3. The maximum Gasteiger partial charge on any atom is 0.272 e. The third-order valence-corrected chi connectivity index (χ3v) is 9.07. The number of ether oxygens (including phenoxy) is 2. The quantitative estimate of drug-likeness (QED) is 0.161. The van der Waals surface area contributed by atoms with Gasteiger partial charge < -0.3 is 19.9 Å². The number of nitrogens with zero attached hydrogens (tertiary/aromatic N) is 1. The molecule has 39 heavy (non-hydrogen) atoms. The minimum Gasteiger partial charge on any atom is -0.392 e. The topological polar surface area (TPSA) is 80.7 Å². The molecule has 0 bridgehead atoms. The molecule has 0 saturated carbocycles. The molecule has 11 heteroatoms. The molecule has 1 aliphatic rings. The normalized spacial score (nSPS) is 19.7. The van der Waals surface area contributed by atoms with Gasteiger partial charge in [-0.15, -0.1) is 11.3 Å². The predicted molar refractivity (Wildman–Crippen MR) is 157 cm³/mol. The predicted octanol–water partition coefficient (Wildman–Crippen LogP) is 7.11. The van der Waals surface area contributed by atoms with Crippen molar-refractivity contribution < 1.29 is 19.4 Å². The van der Waals surface area contributed by atoms with Crippen molar-refractivity contribution >= 4 is 74.0 Å². The van der Waals surface area contributed by atoms with E-state index >= 15 is 0 Å². The minimum absolute atomic E-state index is 0.00651. The Morgan fingerprint density at radius 3 is 2.38 bits per heavy atom. The number of aliphatic hydroxyl groups excluding tert-OH is 1. The van der Waals surface area contributed by atoms with Gasteiger partial charge in [-0.25, -0.2) is 4.98 Å². The molecule has 6 nitrogen and oxygen atoms in total. The first-order chi connectivity index (χ1) is 18.8. The highest BCUT2D eigenvalue weighted by Crippen LogP contribution is 2.40. The summed E-state index contributed by atoms with van der Waals surface area (Å²) < 4.78 is 13.0. The van der Waals surface area contributed by atoms with Crippen LogP contribution in [0.15, 0.2) is 77.1 Å². The van der Waals surface area contributed by atoms with Crippen molar-refractivity contribution in [2.75, 3.05) is 5.75 Å². The van der Waals surface area contributed by atoms with Crippen LogP contribution in [0.4, 0.5) is 0 Å². The van der Waals surface area contributed by atoms with E-state index in [2.05, 4.69) is 11.4 Å². The number of rotatable bonds is 8. The Kier molecular flexibility index (Phi) is 9.36. The number of amides is 1. The fourth-order valence-corrected chi connectivity index (χ4v) is 6.49. The SMILES string of the molecule is O=C(NCc1ccc([C@H]2O[C@@H](CSc3nc4ccccc4s3)C[C@@H](c3ccc(CO)cc3)O2)cc1)C(Cl)(Cl)Cl. The molecule has 1 aliphatic heterocycles. The van der Waals surface area contributed by atoms with Crippen LogP contribution in [-0.4, -0.2) is 31.6 Å². The van der Waals surface area contributed by atoms with Crippen molar-refractivity contribution in [2.24, 2.45) is 0 Å². The first kappa shape index (κ1) is 28.6. The number of thiazole rings is 1. The van der Waals surface area contributed by atoms with E-state index in [1.807, 2.05) is 66.7 Å². The monoisotopic (exact) mass is 622 g/mol. The third-order valence-electron chi connectivity index (χ3n) is 6.24. The molecule has 204 valence electrons. The average Bonchev–Trinajstić information content (AvgIpc) is 3.37. The number of carbonyl (C=O) groups is 1. The Labute approximate surface area is 249 Å². The zero-order valence-electron chi connectivity index (χ0n) is 20.6. The molecule has 0 radical (unpaired) electrons. The number of aromatic nitrogens is 1. The number of nitrogens with one attached hydrogen (secondary N) is 1. The van der Waals surface area contributed by atoms with Crippen molar-refractivity contribution in [1.82, 2.24) is 10.3 Å². The molecule has 2 heterocycles. The van der Waals surface area contributed by atoms with Crippen LogP contribution in [0.25, 0.3) is 10.2 Å². The van der Waals surface area contributed by atoms with Crippen LogP contribution in [-0.2, 0) is 27.4 Å². The van der Waals surface area contributed by atoms with Gasteiger partial charge in [0.05, 0.1) is 29.0 Å². The zero-order valence-corrected chi connectivity index (χ0v) is 24.5. The summed E-state index contributed by atoms with van der Waals surface area (Å²) >= 11 is 20.2. The number of fused-ring (bicyclic) bond motifs is 1.